The van der Waals surface area contributed by atoms with Gasteiger partial charge in [0.2, 0.25) is 0 Å². The van der Waals surface area contributed by atoms with Crippen molar-refractivity contribution in [3.8, 4) is 0 Å². The molecule has 0 aliphatic carbocycles. The van der Waals surface area contributed by atoms with Crippen molar-refractivity contribution in [2.24, 2.45) is 0 Å². The molecule has 0 spiro atoms. The standard InChI is InChI=1S/C6H10Cl2O/c7-3-5(8)1-2-6-4-9-6/h5-6H,1-4H2/t5-,6-/m0/s1. The molecule has 0 bridgehead atoms. The monoisotopic (exact) mass is 168 g/mol. The summed E-state index contributed by atoms with van der Waals surface area (Å²) in [6, 6.07) is 0. The second-order valence-electron chi connectivity index (χ2n) is 2.28. The number of rotatable bonds is 4. The van der Waals surface area contributed by atoms with Gasteiger partial charge in [-0.3, -0.25) is 0 Å². The van der Waals surface area contributed by atoms with E-state index >= 15 is 0 Å². The van der Waals surface area contributed by atoms with Gasteiger partial charge in [0.05, 0.1) is 12.7 Å². The Balaban J connectivity index is 1.90. The van der Waals surface area contributed by atoms with Crippen LogP contribution in [0.2, 0.25) is 0 Å². The molecule has 9 heavy (non-hydrogen) atoms. The number of hydrogen-bond donors (Lipinski definition) is 0. The van der Waals surface area contributed by atoms with Crippen LogP contribution in [0.1, 0.15) is 12.8 Å². The molecule has 0 saturated carbocycles. The lowest BCUT2D eigenvalue weighted by atomic mass is 10.2. The molecule has 0 radical (unpaired) electrons. The SMILES string of the molecule is ClC[C@@H](Cl)CC[C@H]1CO1. The first-order valence-corrected chi connectivity index (χ1v) is 4.11. The van der Waals surface area contributed by atoms with Gasteiger partial charge in [0, 0.05) is 11.3 Å². The van der Waals surface area contributed by atoms with Crippen LogP contribution in [-0.4, -0.2) is 24.0 Å². The summed E-state index contributed by atoms with van der Waals surface area (Å²) in [5.41, 5.74) is 0. The van der Waals surface area contributed by atoms with E-state index in [4.69, 9.17) is 27.9 Å². The maximum atomic E-state index is 5.75. The average molecular weight is 169 g/mol. The Morgan fingerprint density at radius 2 is 2.33 bits per heavy atom. The van der Waals surface area contributed by atoms with Crippen molar-refractivity contribution in [1.29, 1.82) is 0 Å². The van der Waals surface area contributed by atoms with Gasteiger partial charge in [0.15, 0.2) is 0 Å². The number of ether oxygens (including phenoxy) is 1. The van der Waals surface area contributed by atoms with Crippen molar-refractivity contribution < 1.29 is 4.74 Å². The quantitative estimate of drug-likeness (QED) is 0.463. The van der Waals surface area contributed by atoms with Crippen LogP contribution in [0.15, 0.2) is 0 Å². The minimum Gasteiger partial charge on any atom is -0.373 e. The molecule has 2 atom stereocenters. The van der Waals surface area contributed by atoms with Crippen LogP contribution in [0.5, 0.6) is 0 Å². The molecule has 1 aliphatic rings. The van der Waals surface area contributed by atoms with Crippen molar-refractivity contribution in [3.05, 3.63) is 0 Å². The zero-order valence-electron chi connectivity index (χ0n) is 5.15. The molecule has 1 saturated heterocycles. The van der Waals surface area contributed by atoms with E-state index in [1.807, 2.05) is 0 Å². The fourth-order valence-corrected chi connectivity index (χ4v) is 0.959. The van der Waals surface area contributed by atoms with Crippen molar-refractivity contribution in [3.63, 3.8) is 0 Å². The first-order chi connectivity index (χ1) is 4.33. The summed E-state index contributed by atoms with van der Waals surface area (Å²) in [5.74, 6) is 0.550. The van der Waals surface area contributed by atoms with E-state index in [0.717, 1.165) is 19.4 Å². The van der Waals surface area contributed by atoms with E-state index in [2.05, 4.69) is 0 Å². The van der Waals surface area contributed by atoms with Gasteiger partial charge in [-0.25, -0.2) is 0 Å². The predicted molar refractivity (Wildman–Crippen MR) is 39.3 cm³/mol. The van der Waals surface area contributed by atoms with Crippen LogP contribution in [0.4, 0.5) is 0 Å². The maximum absolute atomic E-state index is 5.75. The molecule has 0 N–H and O–H groups in total. The van der Waals surface area contributed by atoms with Gasteiger partial charge in [0.25, 0.3) is 0 Å². The largest absolute Gasteiger partial charge is 0.373 e. The zero-order valence-corrected chi connectivity index (χ0v) is 6.66. The number of hydrogen-bond acceptors (Lipinski definition) is 1. The van der Waals surface area contributed by atoms with E-state index in [1.54, 1.807) is 0 Å². The van der Waals surface area contributed by atoms with Crippen LogP contribution in [0.25, 0.3) is 0 Å². The van der Waals surface area contributed by atoms with Crippen LogP contribution in [-0.2, 0) is 4.74 Å². The van der Waals surface area contributed by atoms with Gasteiger partial charge in [-0.05, 0) is 12.8 Å². The highest BCUT2D eigenvalue weighted by atomic mass is 35.5. The van der Waals surface area contributed by atoms with Gasteiger partial charge in [-0.1, -0.05) is 0 Å². The lowest BCUT2D eigenvalue weighted by Crippen LogP contribution is -2.01. The van der Waals surface area contributed by atoms with E-state index < -0.39 is 0 Å². The van der Waals surface area contributed by atoms with E-state index in [9.17, 15) is 0 Å². The molecule has 54 valence electrons. The third-order valence-electron chi connectivity index (χ3n) is 1.37. The molecular weight excluding hydrogens is 159 g/mol. The second kappa shape index (κ2) is 3.65. The summed E-state index contributed by atoms with van der Waals surface area (Å²) in [4.78, 5) is 0. The first kappa shape index (κ1) is 7.64. The van der Waals surface area contributed by atoms with Gasteiger partial charge < -0.3 is 4.74 Å². The Morgan fingerprint density at radius 1 is 1.67 bits per heavy atom. The third-order valence-corrected chi connectivity index (χ3v) is 2.27. The van der Waals surface area contributed by atoms with E-state index in [1.165, 1.54) is 0 Å². The van der Waals surface area contributed by atoms with Crippen molar-refractivity contribution in [2.75, 3.05) is 12.5 Å². The van der Waals surface area contributed by atoms with Crippen LogP contribution in [0.3, 0.4) is 0 Å². The second-order valence-corrected chi connectivity index (χ2v) is 3.21. The Kier molecular flexibility index (Phi) is 3.10. The average Bonchev–Trinajstić information content (AvgIpc) is 2.65. The third kappa shape index (κ3) is 3.29. The van der Waals surface area contributed by atoms with Gasteiger partial charge in [-0.15, -0.1) is 23.2 Å². The lowest BCUT2D eigenvalue weighted by Gasteiger charge is -2.00. The van der Waals surface area contributed by atoms with Gasteiger partial charge in [0.1, 0.15) is 0 Å². The van der Waals surface area contributed by atoms with Crippen molar-refractivity contribution in [2.45, 2.75) is 24.3 Å². The van der Waals surface area contributed by atoms with Crippen LogP contribution >= 0.6 is 23.2 Å². The summed E-state index contributed by atoms with van der Waals surface area (Å²) in [6.45, 7) is 0.923. The van der Waals surface area contributed by atoms with Crippen LogP contribution in [0, 0.1) is 0 Å². The van der Waals surface area contributed by atoms with E-state index in [0.29, 0.717) is 12.0 Å². The topological polar surface area (TPSA) is 12.5 Å². The molecule has 1 nitrogen and oxygen atoms in total. The van der Waals surface area contributed by atoms with Gasteiger partial charge >= 0.3 is 0 Å². The molecular formula is C6H10Cl2O. The molecule has 0 aromatic carbocycles. The van der Waals surface area contributed by atoms with Crippen LogP contribution < -0.4 is 0 Å². The summed E-state index contributed by atoms with van der Waals surface area (Å²) < 4.78 is 5.00. The highest BCUT2D eigenvalue weighted by molar-refractivity contribution is 6.28. The molecule has 1 aliphatic heterocycles. The maximum Gasteiger partial charge on any atom is 0.0810 e. The predicted octanol–water partition coefficient (Wildman–Crippen LogP) is 2.01. The lowest BCUT2D eigenvalue weighted by molar-refractivity contribution is 0.391. The van der Waals surface area contributed by atoms with Crippen molar-refractivity contribution >= 4 is 23.2 Å². The summed E-state index contributed by atoms with van der Waals surface area (Å²) in [6.07, 6.45) is 2.55. The summed E-state index contributed by atoms with van der Waals surface area (Å²) in [7, 11) is 0. The Morgan fingerprint density at radius 3 is 2.78 bits per heavy atom. The fourth-order valence-electron chi connectivity index (χ4n) is 0.679. The molecule has 1 fully saturated rings. The molecule has 0 aromatic heterocycles. The fraction of sp³-hybridized carbons (Fsp3) is 1.00. The Bertz CT molecular complexity index is 83.1. The number of alkyl halides is 2. The minimum absolute atomic E-state index is 0.135. The summed E-state index contributed by atoms with van der Waals surface area (Å²) in [5, 5.41) is 0.135. The molecule has 1 heterocycles. The van der Waals surface area contributed by atoms with Gasteiger partial charge in [-0.2, -0.15) is 0 Å². The first-order valence-electron chi connectivity index (χ1n) is 3.14. The summed E-state index contributed by atoms with van der Waals surface area (Å²) >= 11 is 11.2. The Hall–Kier alpha value is 0.540. The molecule has 0 unspecified atom stereocenters. The zero-order chi connectivity index (χ0) is 6.69. The molecule has 0 aromatic rings. The highest BCUT2D eigenvalue weighted by Gasteiger charge is 2.22. The normalized spacial score (nSPS) is 28.0. The minimum atomic E-state index is 0.135. The number of epoxide rings is 1. The molecule has 0 amide bonds. The Labute approximate surface area is 65.3 Å². The number of halogens is 2. The molecule has 3 heteroatoms. The van der Waals surface area contributed by atoms with Crippen molar-refractivity contribution in [1.82, 2.24) is 0 Å². The van der Waals surface area contributed by atoms with E-state index in [-0.39, 0.29) is 5.38 Å². The molecule has 1 rings (SSSR count). The highest BCUT2D eigenvalue weighted by Crippen LogP contribution is 2.18. The smallest absolute Gasteiger partial charge is 0.0810 e.